The van der Waals surface area contributed by atoms with Crippen LogP contribution in [0.2, 0.25) is 0 Å². The van der Waals surface area contributed by atoms with Crippen molar-refractivity contribution in [3.8, 4) is 0 Å². The van der Waals surface area contributed by atoms with Crippen LogP contribution < -0.4 is 49.6 Å². The van der Waals surface area contributed by atoms with Gasteiger partial charge in [-0.25, -0.2) is 0 Å². The molecule has 5 heteroatoms. The third kappa shape index (κ3) is 26.0. The van der Waals surface area contributed by atoms with Crippen molar-refractivity contribution in [3.63, 3.8) is 0 Å². The van der Waals surface area contributed by atoms with Gasteiger partial charge in [0.15, 0.2) is 0 Å². The molecule has 0 aliphatic carbocycles. The first kappa shape index (κ1) is 71.3. The van der Waals surface area contributed by atoms with E-state index in [1.807, 2.05) is 0 Å². The smallest absolute Gasteiger partial charge is 0 e. The van der Waals surface area contributed by atoms with Crippen LogP contribution in [0.5, 0.6) is 0 Å². The van der Waals surface area contributed by atoms with E-state index < -0.39 is 0 Å². The largest absolute Gasteiger partial charge is 1.00 e. The number of hydrogen-bond acceptors (Lipinski definition) is 0. The van der Waals surface area contributed by atoms with Crippen LogP contribution in [0.1, 0.15) is 0 Å². The molecule has 0 heterocycles. The van der Waals surface area contributed by atoms with E-state index >= 15 is 0 Å². The second kappa shape index (κ2) is 41.6. The fraction of sp³-hybridized carbons (Fsp3) is 0. The van der Waals surface area contributed by atoms with E-state index in [0.717, 1.165) is 0 Å². The zero-order valence-corrected chi connectivity index (χ0v) is 8.21. The van der Waals surface area contributed by atoms with Gasteiger partial charge in [-0.1, -0.05) is 0 Å². The molecule has 0 aromatic carbocycles. The average Bonchev–Trinajstić information content (AvgIpc) is 0. The molecule has 0 nitrogen and oxygen atoms in total. The maximum atomic E-state index is 0. The summed E-state index contributed by atoms with van der Waals surface area (Å²) in [6, 6.07) is 0. The first-order valence-electron chi connectivity index (χ1n) is 0. The molecule has 0 rings (SSSR count). The van der Waals surface area contributed by atoms with Crippen molar-refractivity contribution in [1.29, 1.82) is 0 Å². The predicted molar refractivity (Wildman–Crippen MR) is 0 cm³/mol. The molecule has 0 aromatic heterocycles. The van der Waals surface area contributed by atoms with Crippen LogP contribution >= 0.6 is 0 Å². The average molecular weight is 207 g/mol. The van der Waals surface area contributed by atoms with Crippen molar-refractivity contribution < 1.29 is 69.1 Å². The van der Waals surface area contributed by atoms with Gasteiger partial charge in [-0.15, -0.1) is 0 Å². The Morgan fingerprint density at radius 3 is 0.400 bits per heavy atom. The third-order valence-electron chi connectivity index (χ3n) is 0. The van der Waals surface area contributed by atoms with Gasteiger partial charge in [0.2, 0.25) is 0 Å². The first-order chi connectivity index (χ1) is 0. The van der Waals surface area contributed by atoms with Crippen LogP contribution in [0.25, 0.3) is 0 Å². The molecule has 0 aliphatic rings. The molecule has 0 unspecified atom stereocenters. The maximum absolute atomic E-state index is 0. The molecule has 34 valence electrons. The Labute approximate surface area is 68.9 Å². The molecule has 0 radical (unpaired) electrons. The van der Waals surface area contributed by atoms with E-state index in [4.69, 9.17) is 0 Å². The summed E-state index contributed by atoms with van der Waals surface area (Å²) in [6.45, 7) is 0. The van der Waals surface area contributed by atoms with Crippen molar-refractivity contribution in [2.24, 2.45) is 0 Å². The molecule has 0 saturated heterocycles. The van der Waals surface area contributed by atoms with E-state index in [-0.39, 0.29) is 69.1 Å². The summed E-state index contributed by atoms with van der Waals surface area (Å²) in [5.41, 5.74) is 0. The predicted octanol–water partition coefficient (Wildman–Crippen LogP) is -12.0. The third-order valence-corrected chi connectivity index (χ3v) is 0. The summed E-state index contributed by atoms with van der Waals surface area (Å²) in [7, 11) is 0. The van der Waals surface area contributed by atoms with Crippen LogP contribution in [0.3, 0.4) is 0 Å². The summed E-state index contributed by atoms with van der Waals surface area (Å²) in [5.74, 6) is 0. The molecule has 0 amide bonds. The molecule has 0 atom stereocenters. The monoisotopic (exact) mass is 204 g/mol. The molecule has 0 aromatic rings. The Balaban J connectivity index is 0. The zero-order chi connectivity index (χ0) is 0. The topological polar surface area (TPSA) is 0 Å². The van der Waals surface area contributed by atoms with Crippen molar-refractivity contribution in [2.75, 3.05) is 0 Å². The minimum absolute atomic E-state index is 0. The van der Waals surface area contributed by atoms with Crippen molar-refractivity contribution in [2.45, 2.75) is 0 Å². The summed E-state index contributed by atoms with van der Waals surface area (Å²) in [4.78, 5) is 0. The van der Waals surface area contributed by atoms with Gasteiger partial charge in [0.1, 0.15) is 0 Å². The Morgan fingerprint density at radius 2 is 0.400 bits per heavy atom. The van der Waals surface area contributed by atoms with E-state index in [2.05, 4.69) is 0 Å². The minimum Gasteiger partial charge on any atom is -1.00 e. The minimum atomic E-state index is 0. The van der Waals surface area contributed by atoms with Crippen LogP contribution in [0.15, 0.2) is 0 Å². The summed E-state index contributed by atoms with van der Waals surface area (Å²) in [5, 5.41) is 0. The summed E-state index contributed by atoms with van der Waals surface area (Å²) < 4.78 is 0. The standard InChI is InChI=1S/4ClH.Zn/h4*1H;/p-4. The fourth-order valence-corrected chi connectivity index (χ4v) is 0. The maximum Gasteiger partial charge on any atom is 0 e. The van der Waals surface area contributed by atoms with E-state index in [1.54, 1.807) is 0 Å². The molecule has 0 N–H and O–H groups in total. The van der Waals surface area contributed by atoms with Gasteiger partial charge >= 0.3 is 0 Å². The Morgan fingerprint density at radius 1 is 0.400 bits per heavy atom. The molecule has 0 spiro atoms. The van der Waals surface area contributed by atoms with Gasteiger partial charge in [-0.3, -0.25) is 0 Å². The number of hydrogen-bond donors (Lipinski definition) is 0. The van der Waals surface area contributed by atoms with Gasteiger partial charge in [0.25, 0.3) is 0 Å². The Bertz CT molecular complexity index is 3.61. The van der Waals surface area contributed by atoms with Crippen LogP contribution in [-0.4, -0.2) is 0 Å². The molecule has 5 heavy (non-hydrogen) atoms. The zero-order valence-electron chi connectivity index (χ0n) is 2.22. The van der Waals surface area contributed by atoms with Crippen LogP contribution in [0.4, 0.5) is 0 Å². The molecule has 0 aliphatic heterocycles. The number of halogens is 4. The summed E-state index contributed by atoms with van der Waals surface area (Å²) in [6.07, 6.45) is 0. The SMILES string of the molecule is [Cl-].[Cl-].[Cl-].[Cl-].[Zn]. The van der Waals surface area contributed by atoms with Gasteiger partial charge in [-0.2, -0.15) is 0 Å². The van der Waals surface area contributed by atoms with Gasteiger partial charge in [0.05, 0.1) is 0 Å². The van der Waals surface area contributed by atoms with Crippen molar-refractivity contribution >= 4 is 0 Å². The molecule has 0 saturated carbocycles. The van der Waals surface area contributed by atoms with Gasteiger partial charge in [0, 0.05) is 19.5 Å². The second-order valence-electron chi connectivity index (χ2n) is 0. The fourth-order valence-electron chi connectivity index (χ4n) is 0. The van der Waals surface area contributed by atoms with E-state index in [1.165, 1.54) is 0 Å². The Kier molecular flexibility index (Phi) is 594. The quantitative estimate of drug-likeness (QED) is 0.346. The van der Waals surface area contributed by atoms with Gasteiger partial charge < -0.3 is 49.6 Å². The van der Waals surface area contributed by atoms with E-state index in [9.17, 15) is 0 Å². The van der Waals surface area contributed by atoms with Crippen molar-refractivity contribution in [1.82, 2.24) is 0 Å². The van der Waals surface area contributed by atoms with Crippen molar-refractivity contribution in [3.05, 3.63) is 0 Å². The van der Waals surface area contributed by atoms with Crippen LogP contribution in [0, 0.1) is 0 Å². The van der Waals surface area contributed by atoms with Crippen LogP contribution in [-0.2, 0) is 19.5 Å². The normalized spacial score (nSPS) is 0. The van der Waals surface area contributed by atoms with Gasteiger partial charge in [-0.05, 0) is 0 Å². The molecule has 0 fully saturated rings. The van der Waals surface area contributed by atoms with E-state index in [0.29, 0.717) is 0 Å². The summed E-state index contributed by atoms with van der Waals surface area (Å²) >= 11 is 0. The molecule has 0 bridgehead atoms. The first-order valence-corrected chi connectivity index (χ1v) is 0. The number of rotatable bonds is 0. The Hall–Kier alpha value is 1.78. The molecular formula is Cl4Zn-4. The molecular weight excluding hydrogens is 207 g/mol. The second-order valence-corrected chi connectivity index (χ2v) is 0.